The summed E-state index contributed by atoms with van der Waals surface area (Å²) < 4.78 is 5.09. The maximum absolute atomic E-state index is 10.0. The van der Waals surface area contributed by atoms with Crippen LogP contribution in [0, 0.1) is 0 Å². The molecule has 0 radical (unpaired) electrons. The first-order valence-corrected chi connectivity index (χ1v) is 9.83. The summed E-state index contributed by atoms with van der Waals surface area (Å²) in [5, 5.41) is 19.2. The third kappa shape index (κ3) is 6.20. The van der Waals surface area contributed by atoms with Crippen molar-refractivity contribution in [3.63, 3.8) is 0 Å². The van der Waals surface area contributed by atoms with Crippen molar-refractivity contribution in [3.8, 4) is 17.2 Å². The van der Waals surface area contributed by atoms with Crippen LogP contribution in [-0.2, 0) is 10.8 Å². The van der Waals surface area contributed by atoms with Gasteiger partial charge >= 0.3 is 0 Å². The molecule has 0 bridgehead atoms. The summed E-state index contributed by atoms with van der Waals surface area (Å²) in [6.45, 7) is 15.7. The van der Waals surface area contributed by atoms with Crippen molar-refractivity contribution in [1.29, 1.82) is 0 Å². The van der Waals surface area contributed by atoms with E-state index in [-0.39, 0.29) is 16.6 Å². The van der Waals surface area contributed by atoms with Gasteiger partial charge in [-0.3, -0.25) is 0 Å². The molecule has 0 aliphatic heterocycles. The van der Waals surface area contributed by atoms with E-state index in [1.54, 1.807) is 18.2 Å². The molecule has 0 saturated heterocycles. The number of para-hydroxylation sites is 2. The fourth-order valence-electron chi connectivity index (χ4n) is 2.63. The lowest BCUT2D eigenvalue weighted by molar-refractivity contribution is 0.318. The third-order valence-corrected chi connectivity index (χ3v) is 5.44. The van der Waals surface area contributed by atoms with Crippen LogP contribution >= 0.6 is 0 Å². The van der Waals surface area contributed by atoms with Crippen LogP contribution < -0.4 is 4.74 Å². The normalized spacial score (nSPS) is 11.5. The van der Waals surface area contributed by atoms with Gasteiger partial charge in [0, 0.05) is 0 Å². The predicted octanol–water partition coefficient (Wildman–Crippen LogP) is 6.56. The Hall–Kier alpha value is -2.16. The van der Waals surface area contributed by atoms with Crippen LogP contribution in [0.15, 0.2) is 42.5 Å². The van der Waals surface area contributed by atoms with Crippen molar-refractivity contribution in [2.75, 3.05) is 6.61 Å². The Kier molecular flexibility index (Phi) is 8.20. The van der Waals surface area contributed by atoms with Crippen LogP contribution in [0.2, 0.25) is 0 Å². The van der Waals surface area contributed by atoms with Gasteiger partial charge in [-0.2, -0.15) is 0 Å². The molecule has 150 valence electrons. The highest BCUT2D eigenvalue weighted by Gasteiger charge is 2.25. The van der Waals surface area contributed by atoms with E-state index < -0.39 is 0 Å². The molecule has 0 fully saturated rings. The summed E-state index contributed by atoms with van der Waals surface area (Å²) in [4.78, 5) is 0. The van der Waals surface area contributed by atoms with E-state index >= 15 is 0 Å². The summed E-state index contributed by atoms with van der Waals surface area (Å²) >= 11 is 0. The molecule has 0 spiro atoms. The van der Waals surface area contributed by atoms with E-state index in [4.69, 9.17) is 9.84 Å². The number of benzene rings is 2. The number of hydrogen-bond donors (Lipinski definition) is 2. The Balaban J connectivity index is 0.000000309. The van der Waals surface area contributed by atoms with Crippen LogP contribution in [-0.4, -0.2) is 16.8 Å². The van der Waals surface area contributed by atoms with Gasteiger partial charge in [0.15, 0.2) is 11.5 Å². The van der Waals surface area contributed by atoms with E-state index in [2.05, 4.69) is 47.6 Å². The first-order valence-electron chi connectivity index (χ1n) is 9.83. The average molecular weight is 373 g/mol. The molecule has 0 aliphatic carbocycles. The molecule has 0 aliphatic rings. The van der Waals surface area contributed by atoms with Crippen LogP contribution in [0.25, 0.3) is 0 Å². The van der Waals surface area contributed by atoms with Crippen molar-refractivity contribution in [3.05, 3.63) is 53.6 Å². The van der Waals surface area contributed by atoms with Gasteiger partial charge in [-0.1, -0.05) is 65.8 Å². The zero-order chi connectivity index (χ0) is 20.7. The molecule has 2 aromatic carbocycles. The second-order valence-electron chi connectivity index (χ2n) is 8.11. The van der Waals surface area contributed by atoms with Crippen LogP contribution in [0.3, 0.4) is 0 Å². The summed E-state index contributed by atoms with van der Waals surface area (Å²) in [5.41, 5.74) is 2.59. The number of rotatable bonds is 6. The number of phenols is 2. The summed E-state index contributed by atoms with van der Waals surface area (Å²) in [6.07, 6.45) is 2.13. The van der Waals surface area contributed by atoms with Crippen LogP contribution in [0.4, 0.5) is 0 Å². The van der Waals surface area contributed by atoms with E-state index in [0.29, 0.717) is 18.1 Å². The molecule has 27 heavy (non-hydrogen) atoms. The highest BCUT2D eigenvalue weighted by Crippen LogP contribution is 2.37. The van der Waals surface area contributed by atoms with Gasteiger partial charge in [-0.25, -0.2) is 0 Å². The van der Waals surface area contributed by atoms with Crippen LogP contribution in [0.1, 0.15) is 72.4 Å². The summed E-state index contributed by atoms with van der Waals surface area (Å²) in [5.74, 6) is 1.17. The molecule has 2 aromatic rings. The lowest BCUT2D eigenvalue weighted by Gasteiger charge is -2.29. The Labute approximate surface area is 165 Å². The summed E-state index contributed by atoms with van der Waals surface area (Å²) in [7, 11) is 0. The molecule has 3 heteroatoms. The van der Waals surface area contributed by atoms with Crippen LogP contribution in [0.5, 0.6) is 17.2 Å². The zero-order valence-corrected chi connectivity index (χ0v) is 18.0. The minimum atomic E-state index is 0.0317. The molecule has 0 amide bonds. The first-order chi connectivity index (χ1) is 12.6. The molecule has 0 atom stereocenters. The van der Waals surface area contributed by atoms with Gasteiger partial charge in [-0.05, 0) is 59.9 Å². The quantitative estimate of drug-likeness (QED) is 0.604. The van der Waals surface area contributed by atoms with E-state index in [1.807, 2.05) is 25.1 Å². The number of aromatic hydroxyl groups is 2. The molecular weight excluding hydrogens is 336 g/mol. The predicted molar refractivity (Wildman–Crippen MR) is 114 cm³/mol. The van der Waals surface area contributed by atoms with E-state index in [0.717, 1.165) is 18.4 Å². The minimum absolute atomic E-state index is 0.0317. The Morgan fingerprint density at radius 1 is 0.778 bits per heavy atom. The summed E-state index contributed by atoms with van der Waals surface area (Å²) in [6, 6.07) is 13.0. The Morgan fingerprint density at radius 3 is 1.89 bits per heavy atom. The number of phenolic OH excluding ortho intramolecular Hbond substituents is 2. The van der Waals surface area contributed by atoms with Crippen molar-refractivity contribution in [2.24, 2.45) is 0 Å². The fourth-order valence-corrected chi connectivity index (χ4v) is 2.63. The van der Waals surface area contributed by atoms with Gasteiger partial charge in [0.25, 0.3) is 0 Å². The number of ether oxygens (including phenoxy) is 1. The van der Waals surface area contributed by atoms with Gasteiger partial charge in [0.1, 0.15) is 5.75 Å². The molecule has 0 heterocycles. The van der Waals surface area contributed by atoms with E-state index in [9.17, 15) is 5.11 Å². The SMILES string of the molecule is CCC(C)(C)c1ccc(O)c(C(C)(C)CC)c1.CCOc1ccccc1O. The smallest absolute Gasteiger partial charge is 0.160 e. The fraction of sp³-hybridized carbons (Fsp3) is 0.500. The van der Waals surface area contributed by atoms with Gasteiger partial charge in [0.05, 0.1) is 6.61 Å². The maximum atomic E-state index is 10.0. The maximum Gasteiger partial charge on any atom is 0.160 e. The molecule has 2 rings (SSSR count). The standard InChI is InChI=1S/C16H26O.C8H10O2/c1-7-15(3,4)12-9-10-14(17)13(11-12)16(5,6)8-2;1-2-10-8-6-4-3-5-7(8)9/h9-11,17H,7-8H2,1-6H3;3-6,9H,2H2,1H3. The van der Waals surface area contributed by atoms with Crippen molar-refractivity contribution in [1.82, 2.24) is 0 Å². The highest BCUT2D eigenvalue weighted by atomic mass is 16.5. The molecule has 3 nitrogen and oxygen atoms in total. The second kappa shape index (κ2) is 9.68. The van der Waals surface area contributed by atoms with Gasteiger partial charge in [-0.15, -0.1) is 0 Å². The molecular formula is C24H36O3. The third-order valence-electron chi connectivity index (χ3n) is 5.44. The zero-order valence-electron chi connectivity index (χ0n) is 18.0. The minimum Gasteiger partial charge on any atom is -0.508 e. The Bertz CT molecular complexity index is 717. The molecule has 0 unspecified atom stereocenters. The topological polar surface area (TPSA) is 49.7 Å². The molecule has 0 saturated carbocycles. The second-order valence-corrected chi connectivity index (χ2v) is 8.11. The molecule has 2 N–H and O–H groups in total. The number of hydrogen-bond acceptors (Lipinski definition) is 3. The average Bonchev–Trinajstić information content (AvgIpc) is 2.64. The monoisotopic (exact) mass is 372 g/mol. The van der Waals surface area contributed by atoms with Crippen molar-refractivity contribution >= 4 is 0 Å². The van der Waals surface area contributed by atoms with E-state index in [1.165, 1.54) is 5.56 Å². The lowest BCUT2D eigenvalue weighted by Crippen LogP contribution is -2.20. The lowest BCUT2D eigenvalue weighted by atomic mass is 9.76. The molecule has 0 aromatic heterocycles. The van der Waals surface area contributed by atoms with Gasteiger partial charge in [0.2, 0.25) is 0 Å². The first kappa shape index (κ1) is 22.9. The van der Waals surface area contributed by atoms with Crippen molar-refractivity contribution < 1.29 is 14.9 Å². The Morgan fingerprint density at radius 2 is 1.37 bits per heavy atom. The largest absolute Gasteiger partial charge is 0.508 e. The highest BCUT2D eigenvalue weighted by molar-refractivity contribution is 5.43. The van der Waals surface area contributed by atoms with Crippen molar-refractivity contribution in [2.45, 2.75) is 72.1 Å². The van der Waals surface area contributed by atoms with Gasteiger partial charge < -0.3 is 14.9 Å².